The molecule has 5 heteroatoms. The van der Waals surface area contributed by atoms with E-state index in [1.165, 1.54) is 0 Å². The lowest BCUT2D eigenvalue weighted by Gasteiger charge is -2.20. The van der Waals surface area contributed by atoms with E-state index in [1.54, 1.807) is 32.4 Å². The molecule has 0 aliphatic carbocycles. The first-order valence-corrected chi connectivity index (χ1v) is 6.28. The van der Waals surface area contributed by atoms with Gasteiger partial charge in [-0.25, -0.2) is 0 Å². The molecule has 1 rings (SSSR count). The molecule has 106 valence electrons. The third kappa shape index (κ3) is 5.07. The van der Waals surface area contributed by atoms with E-state index in [9.17, 15) is 9.90 Å². The fraction of sp³-hybridized carbons (Fsp3) is 0.500. The second kappa shape index (κ2) is 7.51. The molecule has 1 atom stereocenters. The van der Waals surface area contributed by atoms with Gasteiger partial charge in [0.05, 0.1) is 14.2 Å². The molecule has 0 fully saturated rings. The van der Waals surface area contributed by atoms with Gasteiger partial charge in [-0.2, -0.15) is 0 Å². The quantitative estimate of drug-likeness (QED) is 0.770. The van der Waals surface area contributed by atoms with Crippen LogP contribution < -0.4 is 19.9 Å². The molecule has 1 aromatic carbocycles. The van der Waals surface area contributed by atoms with Crippen LogP contribution in [0.2, 0.25) is 0 Å². The predicted molar refractivity (Wildman–Crippen MR) is 71.5 cm³/mol. The van der Waals surface area contributed by atoms with Gasteiger partial charge in [-0.15, -0.1) is 0 Å². The maximum Gasteiger partial charge on any atom is 0.124 e. The third-order valence-corrected chi connectivity index (χ3v) is 2.77. The Bertz CT molecular complexity index is 398. The van der Waals surface area contributed by atoms with Gasteiger partial charge in [0, 0.05) is 42.3 Å². The van der Waals surface area contributed by atoms with E-state index in [4.69, 9.17) is 9.47 Å². The SMILES string of the molecule is CCCC(CC(=O)[O-])Nc1cc(OC)cc(OC)c1. The van der Waals surface area contributed by atoms with E-state index in [0.29, 0.717) is 11.5 Å². The van der Waals surface area contributed by atoms with E-state index in [0.717, 1.165) is 18.5 Å². The molecular weight excluding hydrogens is 246 g/mol. The Morgan fingerprint density at radius 2 is 1.84 bits per heavy atom. The lowest BCUT2D eigenvalue weighted by Crippen LogP contribution is -2.31. The average Bonchev–Trinajstić information content (AvgIpc) is 2.37. The first-order valence-electron chi connectivity index (χ1n) is 6.28. The summed E-state index contributed by atoms with van der Waals surface area (Å²) in [5.41, 5.74) is 0.774. The standard InChI is InChI=1S/C14H21NO4/c1-4-5-10(8-14(16)17)15-11-6-12(18-2)9-13(7-11)19-3/h6-7,9-10,15H,4-5,8H2,1-3H3,(H,16,17)/p-1. The van der Waals surface area contributed by atoms with E-state index in [-0.39, 0.29) is 12.5 Å². The molecule has 0 aliphatic heterocycles. The highest BCUT2D eigenvalue weighted by Gasteiger charge is 2.10. The van der Waals surface area contributed by atoms with Crippen LogP contribution >= 0.6 is 0 Å². The summed E-state index contributed by atoms with van der Waals surface area (Å²) in [6.07, 6.45) is 1.63. The number of carboxylic acid groups (broad SMARTS) is 1. The van der Waals surface area contributed by atoms with Crippen molar-refractivity contribution in [2.75, 3.05) is 19.5 Å². The van der Waals surface area contributed by atoms with E-state index in [2.05, 4.69) is 5.32 Å². The molecule has 0 saturated carbocycles. The van der Waals surface area contributed by atoms with Crippen molar-refractivity contribution in [2.45, 2.75) is 32.2 Å². The van der Waals surface area contributed by atoms with Crippen molar-refractivity contribution in [3.63, 3.8) is 0 Å². The number of benzene rings is 1. The summed E-state index contributed by atoms with van der Waals surface area (Å²) >= 11 is 0. The van der Waals surface area contributed by atoms with Gasteiger partial charge in [-0.05, 0) is 6.42 Å². The summed E-state index contributed by atoms with van der Waals surface area (Å²) in [5.74, 6) is 0.261. The molecule has 5 nitrogen and oxygen atoms in total. The Morgan fingerprint density at radius 1 is 1.26 bits per heavy atom. The van der Waals surface area contributed by atoms with Crippen molar-refractivity contribution in [3.05, 3.63) is 18.2 Å². The van der Waals surface area contributed by atoms with Crippen molar-refractivity contribution < 1.29 is 19.4 Å². The van der Waals surface area contributed by atoms with Gasteiger partial charge in [0.2, 0.25) is 0 Å². The van der Waals surface area contributed by atoms with Gasteiger partial charge >= 0.3 is 0 Å². The maximum atomic E-state index is 10.7. The average molecular weight is 266 g/mol. The van der Waals surface area contributed by atoms with Gasteiger partial charge in [-0.1, -0.05) is 13.3 Å². The molecule has 0 aliphatic rings. The summed E-state index contributed by atoms with van der Waals surface area (Å²) in [6.45, 7) is 2.01. The normalized spacial score (nSPS) is 11.7. The van der Waals surface area contributed by atoms with Gasteiger partial charge in [0.15, 0.2) is 0 Å². The molecule has 0 radical (unpaired) electrons. The Balaban J connectivity index is 2.84. The summed E-state index contributed by atoms with van der Waals surface area (Å²) in [7, 11) is 3.15. The minimum atomic E-state index is -1.05. The molecule has 1 aromatic rings. The fourth-order valence-electron chi connectivity index (χ4n) is 1.90. The second-order valence-electron chi connectivity index (χ2n) is 4.31. The first kappa shape index (κ1) is 15.1. The highest BCUT2D eigenvalue weighted by Crippen LogP contribution is 2.26. The van der Waals surface area contributed by atoms with Crippen molar-refractivity contribution in [1.82, 2.24) is 0 Å². The number of methoxy groups -OCH3 is 2. The topological polar surface area (TPSA) is 70.6 Å². The second-order valence-corrected chi connectivity index (χ2v) is 4.31. The molecule has 0 aromatic heterocycles. The lowest BCUT2D eigenvalue weighted by molar-refractivity contribution is -0.305. The third-order valence-electron chi connectivity index (χ3n) is 2.77. The molecule has 1 unspecified atom stereocenters. The Hall–Kier alpha value is -1.91. The zero-order valence-corrected chi connectivity index (χ0v) is 11.6. The van der Waals surface area contributed by atoms with Gasteiger partial charge in [-0.3, -0.25) is 0 Å². The van der Waals surface area contributed by atoms with Crippen molar-refractivity contribution in [3.8, 4) is 11.5 Å². The largest absolute Gasteiger partial charge is 0.550 e. The summed E-state index contributed by atoms with van der Waals surface area (Å²) < 4.78 is 10.3. The van der Waals surface area contributed by atoms with Gasteiger partial charge < -0.3 is 24.7 Å². The minimum Gasteiger partial charge on any atom is -0.550 e. The molecule has 0 bridgehead atoms. The van der Waals surface area contributed by atoms with Crippen LogP contribution in [0.1, 0.15) is 26.2 Å². The zero-order chi connectivity index (χ0) is 14.3. The van der Waals surface area contributed by atoms with Crippen molar-refractivity contribution >= 4 is 11.7 Å². The monoisotopic (exact) mass is 266 g/mol. The zero-order valence-electron chi connectivity index (χ0n) is 11.6. The summed E-state index contributed by atoms with van der Waals surface area (Å²) in [4.78, 5) is 10.7. The number of nitrogens with one attached hydrogen (secondary N) is 1. The lowest BCUT2D eigenvalue weighted by atomic mass is 10.1. The Labute approximate surface area is 113 Å². The highest BCUT2D eigenvalue weighted by molar-refractivity contribution is 5.66. The van der Waals surface area contributed by atoms with Crippen molar-refractivity contribution in [1.29, 1.82) is 0 Å². The number of carboxylic acids is 1. The minimum absolute atomic E-state index is 0.0205. The Morgan fingerprint density at radius 3 is 2.26 bits per heavy atom. The number of rotatable bonds is 8. The molecule has 0 amide bonds. The highest BCUT2D eigenvalue weighted by atomic mass is 16.5. The molecule has 0 heterocycles. The molecule has 19 heavy (non-hydrogen) atoms. The predicted octanol–water partition coefficient (Wildman–Crippen LogP) is 1.42. The Kier molecular flexibility index (Phi) is 5.99. The van der Waals surface area contributed by atoms with Gasteiger partial charge in [0.1, 0.15) is 11.5 Å². The molecule has 1 N–H and O–H groups in total. The molecule has 0 spiro atoms. The van der Waals surface area contributed by atoms with Crippen LogP contribution in [-0.4, -0.2) is 26.2 Å². The van der Waals surface area contributed by atoms with Crippen LogP contribution in [0.15, 0.2) is 18.2 Å². The number of ether oxygens (including phenoxy) is 2. The van der Waals surface area contributed by atoms with Crippen LogP contribution in [-0.2, 0) is 4.79 Å². The fourth-order valence-corrected chi connectivity index (χ4v) is 1.90. The molecular formula is C14H20NO4-. The van der Waals surface area contributed by atoms with E-state index >= 15 is 0 Å². The first-order chi connectivity index (χ1) is 9.08. The van der Waals surface area contributed by atoms with Crippen LogP contribution in [0, 0.1) is 0 Å². The number of aliphatic carboxylic acids is 1. The summed E-state index contributed by atoms with van der Waals surface area (Å²) in [6, 6.07) is 5.21. The number of hydrogen-bond acceptors (Lipinski definition) is 5. The maximum absolute atomic E-state index is 10.7. The van der Waals surface area contributed by atoms with Crippen LogP contribution in [0.25, 0.3) is 0 Å². The molecule has 0 saturated heterocycles. The van der Waals surface area contributed by atoms with Crippen LogP contribution in [0.5, 0.6) is 11.5 Å². The van der Waals surface area contributed by atoms with Crippen LogP contribution in [0.3, 0.4) is 0 Å². The smallest absolute Gasteiger partial charge is 0.124 e. The number of anilines is 1. The van der Waals surface area contributed by atoms with E-state index < -0.39 is 5.97 Å². The number of carbonyl (C=O) groups excluding carboxylic acids is 1. The summed E-state index contributed by atoms with van der Waals surface area (Å²) in [5, 5.41) is 13.9. The van der Waals surface area contributed by atoms with Gasteiger partial charge in [0.25, 0.3) is 0 Å². The van der Waals surface area contributed by atoms with Crippen LogP contribution in [0.4, 0.5) is 5.69 Å². The number of carbonyl (C=O) groups is 1. The van der Waals surface area contributed by atoms with Crippen molar-refractivity contribution in [2.24, 2.45) is 0 Å². The van der Waals surface area contributed by atoms with E-state index in [1.807, 2.05) is 6.92 Å². The number of hydrogen-bond donors (Lipinski definition) is 1.